The molecule has 1 aromatic rings. The molecular weight excluding hydrogens is 245 g/mol. The van der Waals surface area contributed by atoms with Gasteiger partial charge in [0.1, 0.15) is 0 Å². The van der Waals surface area contributed by atoms with Crippen LogP contribution >= 0.6 is 34.5 Å². The van der Waals surface area contributed by atoms with E-state index in [-0.39, 0.29) is 16.1 Å². The van der Waals surface area contributed by atoms with Crippen LogP contribution in [0.4, 0.5) is 0 Å². The molecule has 72 valence electrons. The van der Waals surface area contributed by atoms with E-state index in [0.29, 0.717) is 0 Å². The second-order valence-corrected chi connectivity index (χ2v) is 4.29. The molecule has 0 N–H and O–H groups in total. The van der Waals surface area contributed by atoms with Crippen LogP contribution in [0.15, 0.2) is 32.9 Å². The Balaban J connectivity index is 2.43. The van der Waals surface area contributed by atoms with Crippen molar-refractivity contribution in [3.63, 3.8) is 0 Å². The molecule has 0 amide bonds. The van der Waals surface area contributed by atoms with Gasteiger partial charge in [-0.25, -0.2) is 9.79 Å². The van der Waals surface area contributed by atoms with Crippen molar-refractivity contribution in [2.24, 2.45) is 4.99 Å². The Morgan fingerprint density at radius 2 is 2.29 bits per heavy atom. The zero-order chi connectivity index (χ0) is 10.1. The highest BCUT2D eigenvalue weighted by Crippen LogP contribution is 2.24. The van der Waals surface area contributed by atoms with Gasteiger partial charge in [-0.3, -0.25) is 0 Å². The number of hydrogen-bond donors (Lipinski definition) is 0. The minimum atomic E-state index is -0.527. The number of nitrogens with zero attached hydrogens (tertiary/aromatic N) is 1. The van der Waals surface area contributed by atoms with E-state index >= 15 is 0 Å². The van der Waals surface area contributed by atoms with Gasteiger partial charge in [0, 0.05) is 0 Å². The molecule has 0 spiro atoms. The van der Waals surface area contributed by atoms with E-state index in [9.17, 15) is 4.79 Å². The molecule has 0 aliphatic carbocycles. The van der Waals surface area contributed by atoms with Crippen LogP contribution in [0.3, 0.4) is 0 Å². The Morgan fingerprint density at radius 3 is 2.79 bits per heavy atom. The molecule has 1 aliphatic rings. The summed E-state index contributed by atoms with van der Waals surface area (Å²) in [7, 11) is 0. The van der Waals surface area contributed by atoms with Gasteiger partial charge < -0.3 is 4.74 Å². The normalized spacial score (nSPS) is 15.4. The summed E-state index contributed by atoms with van der Waals surface area (Å²) in [5.74, 6) is -0.567. The summed E-state index contributed by atoms with van der Waals surface area (Å²) < 4.78 is 4.59. The SMILES string of the molecule is O=C1OC(=C(Cl)Cl)N=C1c1cccs1. The van der Waals surface area contributed by atoms with Gasteiger partial charge >= 0.3 is 5.97 Å². The van der Waals surface area contributed by atoms with E-state index in [2.05, 4.69) is 4.99 Å². The zero-order valence-electron chi connectivity index (χ0n) is 6.66. The molecule has 1 aliphatic heterocycles. The number of hydrogen-bond acceptors (Lipinski definition) is 4. The number of thiophene rings is 1. The van der Waals surface area contributed by atoms with Crippen molar-refractivity contribution in [2.75, 3.05) is 0 Å². The van der Waals surface area contributed by atoms with Crippen LogP contribution in [0.2, 0.25) is 0 Å². The smallest absolute Gasteiger partial charge is 0.365 e. The minimum Gasteiger partial charge on any atom is -0.400 e. The summed E-state index contributed by atoms with van der Waals surface area (Å²) in [5, 5.41) is 1.84. The van der Waals surface area contributed by atoms with E-state index in [1.807, 2.05) is 11.4 Å². The summed E-state index contributed by atoms with van der Waals surface area (Å²) in [5.41, 5.74) is 0.244. The van der Waals surface area contributed by atoms with Gasteiger partial charge in [-0.15, -0.1) is 11.3 Å². The monoisotopic (exact) mass is 247 g/mol. The zero-order valence-corrected chi connectivity index (χ0v) is 8.99. The van der Waals surface area contributed by atoms with Gasteiger partial charge in [0.05, 0.1) is 4.88 Å². The van der Waals surface area contributed by atoms with Gasteiger partial charge in [-0.2, -0.15) is 0 Å². The second kappa shape index (κ2) is 3.73. The molecule has 0 bridgehead atoms. The molecule has 0 saturated carbocycles. The molecular formula is C8H3Cl2NO2S. The van der Waals surface area contributed by atoms with Crippen LogP contribution in [-0.2, 0) is 9.53 Å². The molecule has 0 fully saturated rings. The first-order chi connectivity index (χ1) is 6.68. The molecule has 14 heavy (non-hydrogen) atoms. The quantitative estimate of drug-likeness (QED) is 0.716. The highest BCUT2D eigenvalue weighted by Gasteiger charge is 2.27. The van der Waals surface area contributed by atoms with Gasteiger partial charge in [-0.1, -0.05) is 29.3 Å². The average molecular weight is 248 g/mol. The van der Waals surface area contributed by atoms with Crippen LogP contribution in [0.25, 0.3) is 0 Å². The van der Waals surface area contributed by atoms with Gasteiger partial charge in [0.15, 0.2) is 10.2 Å². The van der Waals surface area contributed by atoms with Gasteiger partial charge in [0.2, 0.25) is 0 Å². The molecule has 2 heterocycles. The third-order valence-corrected chi connectivity index (χ3v) is 2.71. The van der Waals surface area contributed by atoms with Gasteiger partial charge in [-0.05, 0) is 11.4 Å². The first-order valence-corrected chi connectivity index (χ1v) is 5.22. The fourth-order valence-corrected chi connectivity index (χ4v) is 1.82. The molecule has 0 radical (unpaired) electrons. The summed E-state index contributed by atoms with van der Waals surface area (Å²) in [6.07, 6.45) is 0. The molecule has 2 rings (SSSR count). The van der Waals surface area contributed by atoms with E-state index in [4.69, 9.17) is 27.9 Å². The summed E-state index contributed by atoms with van der Waals surface area (Å²) >= 11 is 12.3. The van der Waals surface area contributed by atoms with Crippen LogP contribution in [0.5, 0.6) is 0 Å². The highest BCUT2D eigenvalue weighted by molar-refractivity contribution is 7.13. The number of halogens is 2. The summed E-state index contributed by atoms with van der Waals surface area (Å²) in [4.78, 5) is 15.9. The third kappa shape index (κ3) is 1.68. The standard InChI is InChI=1S/C8H3Cl2NO2S/c9-6(10)7-11-5(8(12)13-7)4-2-1-3-14-4/h1-3H. The Bertz CT molecular complexity index is 432. The average Bonchev–Trinajstić information content (AvgIpc) is 2.71. The van der Waals surface area contributed by atoms with Crippen LogP contribution in [-0.4, -0.2) is 11.7 Å². The molecule has 0 aromatic carbocycles. The number of carbonyl (C=O) groups excluding carboxylic acids is 1. The Hall–Kier alpha value is -0.840. The number of rotatable bonds is 1. The minimum absolute atomic E-state index is 0.0401. The second-order valence-electron chi connectivity index (χ2n) is 2.39. The number of ether oxygens (including phenoxy) is 1. The van der Waals surface area contributed by atoms with E-state index in [0.717, 1.165) is 4.88 Å². The summed E-state index contributed by atoms with van der Waals surface area (Å²) in [6, 6.07) is 3.59. The van der Waals surface area contributed by atoms with E-state index < -0.39 is 5.97 Å². The van der Waals surface area contributed by atoms with E-state index in [1.54, 1.807) is 6.07 Å². The van der Waals surface area contributed by atoms with Crippen molar-refractivity contribution in [3.8, 4) is 0 Å². The Morgan fingerprint density at radius 1 is 1.50 bits per heavy atom. The fourth-order valence-electron chi connectivity index (χ4n) is 0.956. The maximum atomic E-state index is 11.3. The summed E-state index contributed by atoms with van der Waals surface area (Å²) in [6.45, 7) is 0. The molecule has 3 nitrogen and oxygen atoms in total. The van der Waals surface area contributed by atoms with Crippen molar-refractivity contribution in [1.29, 1.82) is 0 Å². The number of esters is 1. The Kier molecular flexibility index (Phi) is 2.58. The van der Waals surface area contributed by atoms with Crippen molar-refractivity contribution in [3.05, 3.63) is 32.8 Å². The van der Waals surface area contributed by atoms with Crippen molar-refractivity contribution in [1.82, 2.24) is 0 Å². The lowest BCUT2D eigenvalue weighted by Gasteiger charge is -1.91. The number of carbonyl (C=O) groups is 1. The first-order valence-electron chi connectivity index (χ1n) is 3.58. The van der Waals surface area contributed by atoms with Crippen LogP contribution < -0.4 is 0 Å². The highest BCUT2D eigenvalue weighted by atomic mass is 35.5. The molecule has 0 saturated heterocycles. The first kappa shape index (κ1) is 9.71. The predicted octanol–water partition coefficient (Wildman–Crippen LogP) is 2.70. The van der Waals surface area contributed by atoms with Crippen molar-refractivity contribution < 1.29 is 9.53 Å². The fraction of sp³-hybridized carbons (Fsp3) is 0. The lowest BCUT2D eigenvalue weighted by atomic mass is 10.3. The number of cyclic esters (lactones) is 1. The molecule has 1 aromatic heterocycles. The molecule has 6 heteroatoms. The van der Waals surface area contributed by atoms with E-state index in [1.165, 1.54) is 11.3 Å². The lowest BCUT2D eigenvalue weighted by Crippen LogP contribution is -2.09. The van der Waals surface area contributed by atoms with Crippen LogP contribution in [0.1, 0.15) is 4.88 Å². The topological polar surface area (TPSA) is 38.7 Å². The van der Waals surface area contributed by atoms with Crippen LogP contribution in [0, 0.1) is 0 Å². The van der Waals surface area contributed by atoms with Crippen molar-refractivity contribution >= 4 is 46.2 Å². The third-order valence-electron chi connectivity index (χ3n) is 1.51. The number of aliphatic imine (C=N–C) groups is 1. The predicted molar refractivity (Wildman–Crippen MR) is 55.7 cm³/mol. The molecule has 0 atom stereocenters. The maximum absolute atomic E-state index is 11.3. The van der Waals surface area contributed by atoms with Crippen molar-refractivity contribution in [2.45, 2.75) is 0 Å². The van der Waals surface area contributed by atoms with Gasteiger partial charge in [0.25, 0.3) is 5.88 Å². The lowest BCUT2D eigenvalue weighted by molar-refractivity contribution is -0.130. The molecule has 0 unspecified atom stereocenters. The largest absolute Gasteiger partial charge is 0.400 e. The Labute approximate surface area is 93.6 Å². The maximum Gasteiger partial charge on any atom is 0.365 e.